The minimum atomic E-state index is -0.349. The fourth-order valence-electron chi connectivity index (χ4n) is 1.05. The number of nitrogens with two attached hydrogens (primary N) is 1. The Morgan fingerprint density at radius 1 is 1.64 bits per heavy atom. The Morgan fingerprint density at radius 3 is 2.93 bits per heavy atom. The third-order valence-electron chi connectivity index (χ3n) is 1.64. The van der Waals surface area contributed by atoms with Gasteiger partial charge in [0.2, 0.25) is 0 Å². The van der Waals surface area contributed by atoms with Crippen molar-refractivity contribution in [2.75, 3.05) is 6.54 Å². The third-order valence-corrected chi connectivity index (χ3v) is 2.13. The van der Waals surface area contributed by atoms with Crippen molar-refractivity contribution >= 4 is 21.8 Å². The van der Waals surface area contributed by atoms with Crippen molar-refractivity contribution in [2.45, 2.75) is 6.92 Å². The summed E-state index contributed by atoms with van der Waals surface area (Å²) >= 11 is 3.25. The number of hydrogen-bond donors (Lipinski definition) is 2. The van der Waals surface area contributed by atoms with Crippen molar-refractivity contribution in [3.8, 4) is 0 Å². The first-order chi connectivity index (χ1) is 6.69. The van der Waals surface area contributed by atoms with Crippen molar-refractivity contribution < 1.29 is 4.39 Å². The average molecular weight is 260 g/mol. The average Bonchev–Trinajstić information content (AvgIpc) is 2.18. The van der Waals surface area contributed by atoms with Crippen LogP contribution in [0.5, 0.6) is 0 Å². The van der Waals surface area contributed by atoms with Crippen LogP contribution in [0, 0.1) is 5.82 Å². The van der Waals surface area contributed by atoms with E-state index in [0.717, 1.165) is 4.47 Å². The number of hydrazine groups is 1. The van der Waals surface area contributed by atoms with Crippen molar-refractivity contribution in [1.29, 1.82) is 0 Å². The van der Waals surface area contributed by atoms with Gasteiger partial charge < -0.3 is 5.43 Å². The Bertz CT molecular complexity index is 352. The summed E-state index contributed by atoms with van der Waals surface area (Å²) in [6.07, 6.45) is 0. The molecule has 0 amide bonds. The summed E-state index contributed by atoms with van der Waals surface area (Å²) in [5, 5.41) is 0. The van der Waals surface area contributed by atoms with E-state index in [1.807, 2.05) is 6.92 Å². The molecule has 1 rings (SSSR count). The largest absolute Gasteiger partial charge is 0.308 e. The lowest BCUT2D eigenvalue weighted by Gasteiger charge is -2.06. The Balaban J connectivity index is 3.15. The first-order valence-electron chi connectivity index (χ1n) is 4.15. The Morgan fingerprint density at radius 2 is 2.36 bits per heavy atom. The van der Waals surface area contributed by atoms with E-state index in [4.69, 9.17) is 5.84 Å². The molecule has 0 unspecified atom stereocenters. The van der Waals surface area contributed by atoms with Gasteiger partial charge >= 0.3 is 0 Å². The van der Waals surface area contributed by atoms with Crippen LogP contribution in [0.15, 0.2) is 27.7 Å². The van der Waals surface area contributed by atoms with Gasteiger partial charge in [-0.2, -0.15) is 0 Å². The molecular weight excluding hydrogens is 249 g/mol. The Kier molecular flexibility index (Phi) is 4.03. The molecule has 0 aromatic heterocycles. The van der Waals surface area contributed by atoms with E-state index in [2.05, 4.69) is 26.3 Å². The molecule has 0 atom stereocenters. The van der Waals surface area contributed by atoms with E-state index >= 15 is 0 Å². The highest BCUT2D eigenvalue weighted by atomic mass is 79.9. The Labute approximate surface area is 90.3 Å². The molecule has 0 aliphatic rings. The van der Waals surface area contributed by atoms with E-state index in [1.165, 1.54) is 6.07 Å². The quantitative estimate of drug-likeness (QED) is 0.369. The molecule has 0 aliphatic carbocycles. The molecule has 0 radical (unpaired) electrons. The summed E-state index contributed by atoms with van der Waals surface area (Å²) < 4.78 is 14.1. The van der Waals surface area contributed by atoms with Crippen LogP contribution in [-0.4, -0.2) is 12.4 Å². The van der Waals surface area contributed by atoms with Gasteiger partial charge in [0.05, 0.1) is 5.56 Å². The predicted molar refractivity (Wildman–Crippen MR) is 58.5 cm³/mol. The molecule has 1 aromatic carbocycles. The summed E-state index contributed by atoms with van der Waals surface area (Å²) in [6.45, 7) is 2.40. The summed E-state index contributed by atoms with van der Waals surface area (Å²) in [5.41, 5.74) is 2.74. The maximum Gasteiger partial charge on any atom is 0.145 e. The van der Waals surface area contributed by atoms with Gasteiger partial charge in [-0.1, -0.05) is 15.9 Å². The van der Waals surface area contributed by atoms with Gasteiger partial charge in [-0.05, 0) is 25.1 Å². The van der Waals surface area contributed by atoms with Crippen LogP contribution in [0.1, 0.15) is 12.5 Å². The fourth-order valence-corrected chi connectivity index (χ4v) is 1.41. The minimum absolute atomic E-state index is 0.349. The van der Waals surface area contributed by atoms with E-state index in [9.17, 15) is 4.39 Å². The molecule has 3 N–H and O–H groups in total. The minimum Gasteiger partial charge on any atom is -0.308 e. The first-order valence-corrected chi connectivity index (χ1v) is 4.94. The van der Waals surface area contributed by atoms with Crippen molar-refractivity contribution in [3.63, 3.8) is 0 Å². The van der Waals surface area contributed by atoms with E-state index in [-0.39, 0.29) is 5.82 Å². The molecule has 0 heterocycles. The summed E-state index contributed by atoms with van der Waals surface area (Å²) in [7, 11) is 0. The highest BCUT2D eigenvalue weighted by molar-refractivity contribution is 9.10. The van der Waals surface area contributed by atoms with Gasteiger partial charge in [0.1, 0.15) is 11.7 Å². The number of hydrogen-bond acceptors (Lipinski definition) is 2. The number of aliphatic imine (C=N–C) groups is 1. The molecule has 3 nitrogen and oxygen atoms in total. The summed E-state index contributed by atoms with van der Waals surface area (Å²) in [6, 6.07) is 4.62. The van der Waals surface area contributed by atoms with E-state index in [0.29, 0.717) is 17.9 Å². The number of nitrogens with zero attached hydrogens (tertiary/aromatic N) is 1. The molecule has 0 fully saturated rings. The number of nitrogens with one attached hydrogen (secondary N) is 1. The van der Waals surface area contributed by atoms with Gasteiger partial charge in [0.15, 0.2) is 0 Å². The number of benzene rings is 1. The van der Waals surface area contributed by atoms with Gasteiger partial charge in [-0.25, -0.2) is 10.2 Å². The maximum atomic E-state index is 13.3. The summed E-state index contributed by atoms with van der Waals surface area (Å²) in [4.78, 5) is 4.03. The van der Waals surface area contributed by atoms with Crippen LogP contribution in [0.4, 0.5) is 4.39 Å². The second-order valence-electron chi connectivity index (χ2n) is 2.59. The molecule has 0 aliphatic heterocycles. The third kappa shape index (κ3) is 2.52. The van der Waals surface area contributed by atoms with Gasteiger partial charge in [-0.3, -0.25) is 4.99 Å². The van der Waals surface area contributed by atoms with Crippen LogP contribution < -0.4 is 11.3 Å². The monoisotopic (exact) mass is 259 g/mol. The zero-order valence-corrected chi connectivity index (χ0v) is 9.31. The summed E-state index contributed by atoms with van der Waals surface area (Å²) in [5.74, 6) is 5.25. The van der Waals surface area contributed by atoms with Gasteiger partial charge in [-0.15, -0.1) is 0 Å². The van der Waals surface area contributed by atoms with Crippen molar-refractivity contribution in [1.82, 2.24) is 5.43 Å². The topological polar surface area (TPSA) is 50.4 Å². The zero-order valence-electron chi connectivity index (χ0n) is 7.72. The molecule has 14 heavy (non-hydrogen) atoms. The fraction of sp³-hybridized carbons (Fsp3) is 0.222. The highest BCUT2D eigenvalue weighted by Crippen LogP contribution is 2.15. The molecular formula is C9H11BrFN3. The SMILES string of the molecule is CCN=C(NN)c1cc(Br)ccc1F. The number of halogens is 2. The molecule has 0 saturated carbocycles. The lowest BCUT2D eigenvalue weighted by Crippen LogP contribution is -2.32. The van der Waals surface area contributed by atoms with Crippen molar-refractivity contribution in [2.24, 2.45) is 10.8 Å². The second-order valence-corrected chi connectivity index (χ2v) is 3.51. The molecule has 0 spiro atoms. The van der Waals surface area contributed by atoms with Gasteiger partial charge in [0.25, 0.3) is 0 Å². The lowest BCUT2D eigenvalue weighted by molar-refractivity contribution is 0.623. The molecule has 0 bridgehead atoms. The standard InChI is InChI=1S/C9H11BrFN3/c1-2-13-9(14-12)7-5-6(10)3-4-8(7)11/h3-5H,2,12H2,1H3,(H,13,14). The molecule has 0 saturated heterocycles. The van der Waals surface area contributed by atoms with Crippen LogP contribution >= 0.6 is 15.9 Å². The second kappa shape index (κ2) is 5.07. The van der Waals surface area contributed by atoms with Crippen LogP contribution in [0.25, 0.3) is 0 Å². The Hall–Kier alpha value is -0.940. The van der Waals surface area contributed by atoms with Crippen LogP contribution in [-0.2, 0) is 0 Å². The normalized spacial score (nSPS) is 11.6. The lowest BCUT2D eigenvalue weighted by atomic mass is 10.2. The number of rotatable bonds is 2. The highest BCUT2D eigenvalue weighted by Gasteiger charge is 2.08. The molecule has 1 aromatic rings. The van der Waals surface area contributed by atoms with E-state index in [1.54, 1.807) is 12.1 Å². The molecule has 5 heteroatoms. The predicted octanol–water partition coefficient (Wildman–Crippen LogP) is 1.82. The number of amidine groups is 1. The van der Waals surface area contributed by atoms with Crippen LogP contribution in [0.2, 0.25) is 0 Å². The van der Waals surface area contributed by atoms with Crippen LogP contribution in [0.3, 0.4) is 0 Å². The van der Waals surface area contributed by atoms with Crippen molar-refractivity contribution in [3.05, 3.63) is 34.1 Å². The van der Waals surface area contributed by atoms with E-state index < -0.39 is 0 Å². The zero-order chi connectivity index (χ0) is 10.6. The maximum absolute atomic E-state index is 13.3. The van der Waals surface area contributed by atoms with Gasteiger partial charge in [0, 0.05) is 11.0 Å². The molecule has 76 valence electrons. The smallest absolute Gasteiger partial charge is 0.145 e. The first kappa shape index (κ1) is 11.1.